The van der Waals surface area contributed by atoms with Crippen LogP contribution in [0.5, 0.6) is 0 Å². The van der Waals surface area contributed by atoms with Gasteiger partial charge in [-0.1, -0.05) is 18.2 Å². The number of nitrogens with zero attached hydrogens (tertiary/aromatic N) is 2. The quantitative estimate of drug-likeness (QED) is 0.426. The lowest BCUT2D eigenvalue weighted by Gasteiger charge is -2.12. The van der Waals surface area contributed by atoms with Gasteiger partial charge in [0.15, 0.2) is 0 Å². The maximum absolute atomic E-state index is 12.8. The number of anilines is 3. The largest absolute Gasteiger partial charge is 0.382 e. The van der Waals surface area contributed by atoms with Crippen LogP contribution >= 0.6 is 11.3 Å². The first kappa shape index (κ1) is 20.4. The molecule has 2 amide bonds. The van der Waals surface area contributed by atoms with Crippen molar-refractivity contribution >= 4 is 50.6 Å². The third-order valence-electron chi connectivity index (χ3n) is 4.74. The minimum atomic E-state index is -0.582. The summed E-state index contributed by atoms with van der Waals surface area (Å²) in [6.45, 7) is 1.27. The van der Waals surface area contributed by atoms with Crippen LogP contribution in [0.15, 0.2) is 54.2 Å². The number of nitrogens with one attached hydrogen (secondary N) is 2. The number of aryl methyl sites for hydroxylation is 1. The highest BCUT2D eigenvalue weighted by Crippen LogP contribution is 2.29. The number of nitrogen functional groups attached to an aromatic ring is 1. The number of hydrogen-bond donors (Lipinski definition) is 3. The summed E-state index contributed by atoms with van der Waals surface area (Å²) < 4.78 is 13.3. The molecule has 0 atom stereocenters. The van der Waals surface area contributed by atoms with Crippen LogP contribution in [0.25, 0.3) is 10.2 Å². The Hall–Kier alpha value is -3.85. The molecule has 4 N–H and O–H groups in total. The summed E-state index contributed by atoms with van der Waals surface area (Å²) in [6, 6.07) is 11.5. The number of amides is 2. The SMILES string of the molecule is Cc1ccc(NC(=O)c2ccc(CF)cc2)cc1NC(=O)c1csc2c(N)ncnc12. The maximum Gasteiger partial charge on any atom is 0.258 e. The molecule has 0 fully saturated rings. The number of alkyl halides is 1. The number of thiophene rings is 1. The van der Waals surface area contributed by atoms with Gasteiger partial charge in [-0.3, -0.25) is 9.59 Å². The van der Waals surface area contributed by atoms with Gasteiger partial charge in [0.25, 0.3) is 11.8 Å². The van der Waals surface area contributed by atoms with Gasteiger partial charge in [0.1, 0.15) is 18.8 Å². The van der Waals surface area contributed by atoms with E-state index in [0.717, 1.165) is 5.56 Å². The van der Waals surface area contributed by atoms with Gasteiger partial charge in [-0.2, -0.15) is 0 Å². The molecule has 0 unspecified atom stereocenters. The highest BCUT2D eigenvalue weighted by atomic mass is 32.1. The summed E-state index contributed by atoms with van der Waals surface area (Å²) in [4.78, 5) is 33.4. The Balaban J connectivity index is 1.54. The van der Waals surface area contributed by atoms with Crippen LogP contribution in [-0.2, 0) is 6.67 Å². The molecule has 0 aliphatic carbocycles. The van der Waals surface area contributed by atoms with Crippen LogP contribution in [-0.4, -0.2) is 21.8 Å². The molecule has 0 saturated carbocycles. The van der Waals surface area contributed by atoms with Gasteiger partial charge in [-0.25, -0.2) is 14.4 Å². The van der Waals surface area contributed by atoms with Crippen molar-refractivity contribution in [1.29, 1.82) is 0 Å². The second-order valence-electron chi connectivity index (χ2n) is 6.85. The molecule has 9 heteroatoms. The smallest absolute Gasteiger partial charge is 0.258 e. The molecule has 0 aliphatic rings. The molecular weight excluding hydrogens is 417 g/mol. The van der Waals surface area contributed by atoms with Crippen molar-refractivity contribution in [3.05, 3.63) is 76.4 Å². The molecule has 4 rings (SSSR count). The number of aromatic nitrogens is 2. The lowest BCUT2D eigenvalue weighted by molar-refractivity contribution is 0.102. The number of nitrogens with two attached hydrogens (primary N) is 1. The molecule has 7 nitrogen and oxygen atoms in total. The Labute approximate surface area is 181 Å². The minimum Gasteiger partial charge on any atom is -0.382 e. The lowest BCUT2D eigenvalue weighted by Crippen LogP contribution is -2.15. The predicted molar refractivity (Wildman–Crippen MR) is 120 cm³/mol. The summed E-state index contributed by atoms with van der Waals surface area (Å²) in [5, 5.41) is 7.34. The van der Waals surface area contributed by atoms with Gasteiger partial charge in [-0.05, 0) is 42.3 Å². The minimum absolute atomic E-state index is 0.328. The van der Waals surface area contributed by atoms with Crippen molar-refractivity contribution in [1.82, 2.24) is 9.97 Å². The van der Waals surface area contributed by atoms with Crippen LogP contribution in [0.1, 0.15) is 31.8 Å². The highest BCUT2D eigenvalue weighted by Gasteiger charge is 2.17. The highest BCUT2D eigenvalue weighted by molar-refractivity contribution is 7.18. The van der Waals surface area contributed by atoms with E-state index in [1.54, 1.807) is 47.8 Å². The molecule has 2 heterocycles. The molecule has 0 aliphatic heterocycles. The molecule has 2 aromatic carbocycles. The monoisotopic (exact) mass is 435 g/mol. The lowest BCUT2D eigenvalue weighted by atomic mass is 10.1. The van der Waals surface area contributed by atoms with Crippen molar-refractivity contribution in [2.75, 3.05) is 16.4 Å². The fourth-order valence-corrected chi connectivity index (χ4v) is 3.90. The fraction of sp³-hybridized carbons (Fsp3) is 0.0909. The Morgan fingerprint density at radius 2 is 1.84 bits per heavy atom. The summed E-state index contributed by atoms with van der Waals surface area (Å²) in [5.74, 6) is -0.338. The van der Waals surface area contributed by atoms with Gasteiger partial charge < -0.3 is 16.4 Å². The first-order valence-electron chi connectivity index (χ1n) is 9.32. The summed E-state index contributed by atoms with van der Waals surface area (Å²) in [6.07, 6.45) is 1.32. The topological polar surface area (TPSA) is 110 Å². The van der Waals surface area contributed by atoms with Gasteiger partial charge in [0, 0.05) is 22.3 Å². The van der Waals surface area contributed by atoms with Gasteiger partial charge in [0.2, 0.25) is 0 Å². The Morgan fingerprint density at radius 3 is 2.58 bits per heavy atom. The van der Waals surface area contributed by atoms with E-state index < -0.39 is 6.67 Å². The van der Waals surface area contributed by atoms with E-state index in [0.29, 0.717) is 44.1 Å². The van der Waals surface area contributed by atoms with E-state index in [9.17, 15) is 14.0 Å². The Kier molecular flexibility index (Phi) is 5.59. The second kappa shape index (κ2) is 8.49. The zero-order chi connectivity index (χ0) is 22.0. The molecule has 0 saturated heterocycles. The Morgan fingerprint density at radius 1 is 1.06 bits per heavy atom. The molecule has 4 aromatic rings. The molecule has 0 spiro atoms. The summed E-state index contributed by atoms with van der Waals surface area (Å²) >= 11 is 1.30. The predicted octanol–water partition coefficient (Wildman–Crippen LogP) is 4.56. The molecule has 156 valence electrons. The molecular formula is C22H18FN5O2S. The van der Waals surface area contributed by atoms with Crippen molar-refractivity contribution in [3.8, 4) is 0 Å². The number of hydrogen-bond acceptors (Lipinski definition) is 6. The van der Waals surface area contributed by atoms with E-state index >= 15 is 0 Å². The number of carbonyl (C=O) groups excluding carboxylic acids is 2. The fourth-order valence-electron chi connectivity index (χ4n) is 3.00. The van der Waals surface area contributed by atoms with Crippen LogP contribution < -0.4 is 16.4 Å². The van der Waals surface area contributed by atoms with Crippen LogP contribution in [0, 0.1) is 6.92 Å². The van der Waals surface area contributed by atoms with Crippen molar-refractivity contribution < 1.29 is 14.0 Å². The van der Waals surface area contributed by atoms with E-state index in [-0.39, 0.29) is 11.8 Å². The van der Waals surface area contributed by atoms with Gasteiger partial charge in [0.05, 0.1) is 15.8 Å². The number of carbonyl (C=O) groups is 2. The van der Waals surface area contributed by atoms with Gasteiger partial charge >= 0.3 is 0 Å². The number of benzene rings is 2. The second-order valence-corrected chi connectivity index (χ2v) is 7.73. The van der Waals surface area contributed by atoms with E-state index in [1.165, 1.54) is 17.7 Å². The third-order valence-corrected chi connectivity index (χ3v) is 5.73. The first-order valence-corrected chi connectivity index (χ1v) is 10.2. The maximum atomic E-state index is 12.8. The van der Waals surface area contributed by atoms with E-state index in [4.69, 9.17) is 5.73 Å². The number of fused-ring (bicyclic) bond motifs is 1. The van der Waals surface area contributed by atoms with Crippen LogP contribution in [0.4, 0.5) is 21.6 Å². The summed E-state index contributed by atoms with van der Waals surface area (Å²) in [5.41, 5.74) is 9.55. The van der Waals surface area contributed by atoms with E-state index in [2.05, 4.69) is 20.6 Å². The van der Waals surface area contributed by atoms with Gasteiger partial charge in [-0.15, -0.1) is 11.3 Å². The Bertz CT molecular complexity index is 1290. The molecule has 0 bridgehead atoms. The standard InChI is InChI=1S/C22H18FN5O2S/c1-12-2-7-15(27-21(29)14-5-3-13(9-23)4-6-14)8-17(12)28-22(30)16-10-31-19-18(16)25-11-26-20(19)24/h2-8,10-11H,9H2,1H3,(H,27,29)(H,28,30)(H2,24,25,26). The average molecular weight is 435 g/mol. The van der Waals surface area contributed by atoms with E-state index in [1.807, 2.05) is 6.92 Å². The number of halogens is 1. The number of rotatable bonds is 5. The van der Waals surface area contributed by atoms with Crippen molar-refractivity contribution in [2.45, 2.75) is 13.6 Å². The molecule has 2 aromatic heterocycles. The van der Waals surface area contributed by atoms with Crippen LogP contribution in [0.2, 0.25) is 0 Å². The van der Waals surface area contributed by atoms with Crippen LogP contribution in [0.3, 0.4) is 0 Å². The van der Waals surface area contributed by atoms with Crippen molar-refractivity contribution in [3.63, 3.8) is 0 Å². The zero-order valence-electron chi connectivity index (χ0n) is 16.5. The molecule has 0 radical (unpaired) electrons. The molecule has 31 heavy (non-hydrogen) atoms. The first-order chi connectivity index (χ1) is 15.0. The normalized spacial score (nSPS) is 10.8. The summed E-state index contributed by atoms with van der Waals surface area (Å²) in [7, 11) is 0. The third kappa shape index (κ3) is 4.22. The zero-order valence-corrected chi connectivity index (χ0v) is 17.3. The average Bonchev–Trinajstić information content (AvgIpc) is 3.22. The van der Waals surface area contributed by atoms with Crippen molar-refractivity contribution in [2.24, 2.45) is 0 Å².